The Bertz CT molecular complexity index is 899. The molecule has 3 aliphatic rings. The van der Waals surface area contributed by atoms with E-state index < -0.39 is 0 Å². The van der Waals surface area contributed by atoms with Gasteiger partial charge in [-0.25, -0.2) is 9.97 Å². The summed E-state index contributed by atoms with van der Waals surface area (Å²) in [5.74, 6) is 2.61. The molecule has 2 fully saturated rings. The lowest BCUT2D eigenvalue weighted by atomic mass is 9.95. The average Bonchev–Trinajstić information content (AvgIpc) is 3.52. The van der Waals surface area contributed by atoms with E-state index in [1.165, 1.54) is 11.8 Å². The van der Waals surface area contributed by atoms with Gasteiger partial charge in [0, 0.05) is 16.4 Å². The Labute approximate surface area is 151 Å². The van der Waals surface area contributed by atoms with Crippen LogP contribution in [0.1, 0.15) is 43.7 Å². The zero-order chi connectivity index (χ0) is 17.9. The lowest BCUT2D eigenvalue weighted by Crippen LogP contribution is -2.22. The van der Waals surface area contributed by atoms with Crippen molar-refractivity contribution in [3.63, 3.8) is 0 Å². The first-order chi connectivity index (χ1) is 12.5. The second kappa shape index (κ2) is 5.19. The fraction of sp³-hybridized carbons (Fsp3) is 0.450. The fourth-order valence-electron chi connectivity index (χ4n) is 3.50. The molecule has 0 unspecified atom stereocenters. The minimum atomic E-state index is -0.238. The second-order valence-corrected chi connectivity index (χ2v) is 8.01. The molecular weight excluding hydrogens is 330 g/mol. The maximum atomic E-state index is 12.1. The number of benzene rings is 1. The van der Waals surface area contributed by atoms with E-state index in [0.29, 0.717) is 11.7 Å². The van der Waals surface area contributed by atoms with Gasteiger partial charge in [-0.3, -0.25) is 4.79 Å². The number of nitrogens with one attached hydrogen (secondary N) is 1. The number of aromatic nitrogens is 2. The molecule has 1 N–H and O–H groups in total. The standard InChI is InChI=1S/C20H21N3O3/c1-12-3-4-13(16-17(12)25-11-20(16)7-8-20)26-15-10-21-14(9-22-15)23-18(24)19(2)5-6-19/h3-4,9-10H,5-8,11H2,1-2H3,(H,21,23,24). The van der Waals surface area contributed by atoms with Gasteiger partial charge >= 0.3 is 0 Å². The molecule has 2 heterocycles. The minimum absolute atomic E-state index is 0.00430. The summed E-state index contributed by atoms with van der Waals surface area (Å²) in [6.45, 7) is 4.75. The van der Waals surface area contributed by atoms with E-state index in [9.17, 15) is 4.79 Å². The summed E-state index contributed by atoms with van der Waals surface area (Å²) in [6, 6.07) is 3.99. The Morgan fingerprint density at radius 3 is 2.65 bits per heavy atom. The van der Waals surface area contributed by atoms with Crippen LogP contribution in [0.2, 0.25) is 0 Å². The number of nitrogens with zero attached hydrogens (tertiary/aromatic N) is 2. The zero-order valence-corrected chi connectivity index (χ0v) is 15.0. The molecule has 1 aliphatic heterocycles. The molecule has 5 rings (SSSR count). The zero-order valence-electron chi connectivity index (χ0n) is 15.0. The van der Waals surface area contributed by atoms with Gasteiger partial charge in [-0.05, 0) is 44.2 Å². The third-order valence-corrected chi connectivity index (χ3v) is 5.83. The first-order valence-electron chi connectivity index (χ1n) is 9.07. The van der Waals surface area contributed by atoms with Crippen molar-refractivity contribution in [1.29, 1.82) is 0 Å². The number of anilines is 1. The number of amides is 1. The van der Waals surface area contributed by atoms with Gasteiger partial charge in [0.1, 0.15) is 11.5 Å². The van der Waals surface area contributed by atoms with Gasteiger partial charge in [-0.2, -0.15) is 0 Å². The Kier molecular flexibility index (Phi) is 3.12. The molecule has 0 saturated heterocycles. The number of hydrogen-bond acceptors (Lipinski definition) is 5. The normalized spacial score (nSPS) is 20.2. The molecular formula is C20H21N3O3. The van der Waals surface area contributed by atoms with Crippen molar-refractivity contribution < 1.29 is 14.3 Å². The van der Waals surface area contributed by atoms with Gasteiger partial charge in [0.25, 0.3) is 0 Å². The van der Waals surface area contributed by atoms with Crippen LogP contribution in [-0.4, -0.2) is 22.5 Å². The second-order valence-electron chi connectivity index (χ2n) is 8.01. The summed E-state index contributed by atoms with van der Waals surface area (Å²) in [5.41, 5.74) is 2.18. The van der Waals surface area contributed by atoms with Gasteiger partial charge < -0.3 is 14.8 Å². The number of hydrogen-bond donors (Lipinski definition) is 1. The summed E-state index contributed by atoms with van der Waals surface area (Å²) < 4.78 is 11.9. The largest absolute Gasteiger partial charge is 0.492 e. The molecule has 6 heteroatoms. The van der Waals surface area contributed by atoms with Crippen molar-refractivity contribution in [1.82, 2.24) is 9.97 Å². The van der Waals surface area contributed by atoms with Crippen molar-refractivity contribution >= 4 is 11.7 Å². The van der Waals surface area contributed by atoms with Crippen molar-refractivity contribution in [2.24, 2.45) is 5.41 Å². The summed E-state index contributed by atoms with van der Waals surface area (Å²) in [7, 11) is 0. The lowest BCUT2D eigenvalue weighted by molar-refractivity contribution is -0.120. The van der Waals surface area contributed by atoms with Crippen LogP contribution in [0.3, 0.4) is 0 Å². The molecule has 1 spiro atoms. The highest BCUT2D eigenvalue weighted by atomic mass is 16.5. The van der Waals surface area contributed by atoms with Crippen LogP contribution in [0.5, 0.6) is 17.4 Å². The predicted molar refractivity (Wildman–Crippen MR) is 95.7 cm³/mol. The molecule has 2 aromatic rings. The van der Waals surface area contributed by atoms with Crippen LogP contribution < -0.4 is 14.8 Å². The first-order valence-corrected chi connectivity index (χ1v) is 9.07. The Balaban J connectivity index is 1.36. The third-order valence-electron chi connectivity index (χ3n) is 5.83. The average molecular weight is 351 g/mol. The topological polar surface area (TPSA) is 73.3 Å². The molecule has 2 saturated carbocycles. The summed E-state index contributed by atoms with van der Waals surface area (Å²) in [5, 5.41) is 2.82. The molecule has 0 atom stereocenters. The predicted octanol–water partition coefficient (Wildman–Crippen LogP) is 3.74. The van der Waals surface area contributed by atoms with Crippen LogP contribution in [-0.2, 0) is 10.2 Å². The van der Waals surface area contributed by atoms with E-state index in [-0.39, 0.29) is 16.7 Å². The third kappa shape index (κ3) is 2.43. The van der Waals surface area contributed by atoms with Gasteiger partial charge in [-0.15, -0.1) is 0 Å². The SMILES string of the molecule is Cc1ccc(Oc2cnc(NC(=O)C3(C)CC3)cn2)c2c1OCC21CC1. The molecule has 2 aliphatic carbocycles. The van der Waals surface area contributed by atoms with Crippen LogP contribution in [0.15, 0.2) is 24.5 Å². The molecule has 0 radical (unpaired) electrons. The van der Waals surface area contributed by atoms with E-state index >= 15 is 0 Å². The van der Waals surface area contributed by atoms with E-state index in [1.54, 1.807) is 6.20 Å². The quantitative estimate of drug-likeness (QED) is 0.908. The van der Waals surface area contributed by atoms with Crippen molar-refractivity contribution in [2.75, 3.05) is 11.9 Å². The number of aryl methyl sites for hydroxylation is 1. The van der Waals surface area contributed by atoms with E-state index in [4.69, 9.17) is 9.47 Å². The Morgan fingerprint density at radius 2 is 2.00 bits per heavy atom. The molecule has 1 amide bonds. The minimum Gasteiger partial charge on any atom is -0.492 e. The monoisotopic (exact) mass is 351 g/mol. The smallest absolute Gasteiger partial charge is 0.237 e. The highest BCUT2D eigenvalue weighted by Crippen LogP contribution is 2.59. The molecule has 1 aromatic carbocycles. The molecule has 6 nitrogen and oxygen atoms in total. The summed E-state index contributed by atoms with van der Waals surface area (Å²) in [4.78, 5) is 20.7. The Hall–Kier alpha value is -2.63. The first kappa shape index (κ1) is 15.6. The van der Waals surface area contributed by atoms with E-state index in [2.05, 4.69) is 22.2 Å². The van der Waals surface area contributed by atoms with Crippen LogP contribution in [0, 0.1) is 12.3 Å². The number of carbonyl (C=O) groups is 1. The fourth-order valence-corrected chi connectivity index (χ4v) is 3.50. The van der Waals surface area contributed by atoms with E-state index in [0.717, 1.165) is 49.4 Å². The highest BCUT2D eigenvalue weighted by Gasteiger charge is 2.53. The van der Waals surface area contributed by atoms with Crippen LogP contribution >= 0.6 is 0 Å². The lowest BCUT2D eigenvalue weighted by Gasteiger charge is -2.14. The Morgan fingerprint density at radius 1 is 1.19 bits per heavy atom. The van der Waals surface area contributed by atoms with Crippen LogP contribution in [0.4, 0.5) is 5.82 Å². The van der Waals surface area contributed by atoms with Crippen molar-refractivity contribution in [3.05, 3.63) is 35.7 Å². The van der Waals surface area contributed by atoms with E-state index in [1.807, 2.05) is 19.1 Å². The van der Waals surface area contributed by atoms with Crippen LogP contribution in [0.25, 0.3) is 0 Å². The number of ether oxygens (including phenoxy) is 2. The van der Waals surface area contributed by atoms with Crippen molar-refractivity contribution in [3.8, 4) is 17.4 Å². The van der Waals surface area contributed by atoms with Gasteiger partial charge in [0.15, 0.2) is 5.82 Å². The van der Waals surface area contributed by atoms with Gasteiger partial charge in [0.05, 0.1) is 19.0 Å². The van der Waals surface area contributed by atoms with Gasteiger partial charge in [-0.1, -0.05) is 13.0 Å². The maximum absolute atomic E-state index is 12.1. The summed E-state index contributed by atoms with van der Waals surface area (Å²) in [6.07, 6.45) is 7.21. The molecule has 1 aromatic heterocycles. The molecule has 26 heavy (non-hydrogen) atoms. The van der Waals surface area contributed by atoms with Gasteiger partial charge in [0.2, 0.25) is 11.8 Å². The molecule has 0 bridgehead atoms. The van der Waals surface area contributed by atoms with Crippen molar-refractivity contribution in [2.45, 2.75) is 44.9 Å². The highest BCUT2D eigenvalue weighted by molar-refractivity contribution is 5.96. The number of carbonyl (C=O) groups excluding carboxylic acids is 1. The summed E-state index contributed by atoms with van der Waals surface area (Å²) >= 11 is 0. The number of fused-ring (bicyclic) bond motifs is 2. The maximum Gasteiger partial charge on any atom is 0.237 e. The number of rotatable bonds is 4. The molecule has 134 valence electrons.